The van der Waals surface area contributed by atoms with E-state index in [1.165, 1.54) is 0 Å². The molecule has 9 heteroatoms. The zero-order valence-corrected chi connectivity index (χ0v) is 20.8. The van der Waals surface area contributed by atoms with Gasteiger partial charge in [0.1, 0.15) is 41.4 Å². The van der Waals surface area contributed by atoms with Gasteiger partial charge in [0.2, 0.25) is 0 Å². The summed E-state index contributed by atoms with van der Waals surface area (Å²) in [5, 5.41) is 3.11. The van der Waals surface area contributed by atoms with Crippen LogP contribution in [0.15, 0.2) is 85.5 Å². The first kappa shape index (κ1) is 23.9. The molecule has 5 aromatic rings. The number of amides is 1. The van der Waals surface area contributed by atoms with E-state index in [0.717, 1.165) is 16.9 Å². The highest BCUT2D eigenvalue weighted by Gasteiger charge is 2.23. The number of benzene rings is 2. The minimum Gasteiger partial charge on any atom is -0.497 e. The van der Waals surface area contributed by atoms with E-state index in [1.54, 1.807) is 44.7 Å². The van der Waals surface area contributed by atoms with Crippen molar-refractivity contribution in [1.29, 1.82) is 0 Å². The minimum absolute atomic E-state index is 0.270. The van der Waals surface area contributed by atoms with E-state index >= 15 is 0 Å². The summed E-state index contributed by atoms with van der Waals surface area (Å²) in [6.07, 6.45) is 7.39. The molecule has 1 atom stereocenters. The maximum Gasteiger partial charge on any atom is 0.252 e. The number of ether oxygens (including phenoxy) is 3. The Bertz CT molecular complexity index is 1490. The Morgan fingerprint density at radius 2 is 1.78 bits per heavy atom. The first-order chi connectivity index (χ1) is 18.0. The first-order valence-corrected chi connectivity index (χ1v) is 11.7. The summed E-state index contributed by atoms with van der Waals surface area (Å²) in [6.45, 7) is 0.284. The third-order valence-corrected chi connectivity index (χ3v) is 6.00. The molecule has 0 aliphatic carbocycles. The van der Waals surface area contributed by atoms with Crippen molar-refractivity contribution >= 4 is 11.6 Å². The van der Waals surface area contributed by atoms with E-state index in [0.29, 0.717) is 28.6 Å². The van der Waals surface area contributed by atoms with Crippen molar-refractivity contribution in [3.63, 3.8) is 0 Å². The average Bonchev–Trinajstić information content (AvgIpc) is 3.55. The third-order valence-electron chi connectivity index (χ3n) is 6.00. The van der Waals surface area contributed by atoms with Gasteiger partial charge in [0, 0.05) is 43.5 Å². The van der Waals surface area contributed by atoms with Crippen molar-refractivity contribution in [1.82, 2.24) is 24.3 Å². The van der Waals surface area contributed by atoms with Crippen molar-refractivity contribution in [2.45, 2.75) is 12.6 Å². The Morgan fingerprint density at radius 1 is 0.973 bits per heavy atom. The Morgan fingerprint density at radius 3 is 2.49 bits per heavy atom. The number of rotatable bonds is 9. The number of nitrogens with zero attached hydrogens (tertiary/aromatic N) is 4. The SMILES string of the molecule is COc1cc(OC)cc(C(NC(=O)c2cccc(OCc3cn4ccccc4n3)c2)c2nccn2C)c1. The maximum atomic E-state index is 13.4. The van der Waals surface area contributed by atoms with Gasteiger partial charge in [-0.3, -0.25) is 4.79 Å². The smallest absolute Gasteiger partial charge is 0.252 e. The zero-order chi connectivity index (χ0) is 25.8. The van der Waals surface area contributed by atoms with Gasteiger partial charge < -0.3 is 28.5 Å². The molecule has 0 aliphatic heterocycles. The largest absolute Gasteiger partial charge is 0.497 e. The van der Waals surface area contributed by atoms with E-state index < -0.39 is 6.04 Å². The predicted molar refractivity (Wildman–Crippen MR) is 138 cm³/mol. The maximum absolute atomic E-state index is 13.4. The summed E-state index contributed by atoms with van der Waals surface area (Å²) >= 11 is 0. The van der Waals surface area contributed by atoms with Crippen LogP contribution in [0, 0.1) is 0 Å². The molecule has 1 N–H and O–H groups in total. The summed E-state index contributed by atoms with van der Waals surface area (Å²) in [5.41, 5.74) is 2.88. The number of aryl methyl sites for hydroxylation is 1. The molecule has 3 aromatic heterocycles. The number of hydrogen-bond acceptors (Lipinski definition) is 6. The van der Waals surface area contributed by atoms with Crippen LogP contribution in [0.5, 0.6) is 17.2 Å². The van der Waals surface area contributed by atoms with Crippen LogP contribution in [0.2, 0.25) is 0 Å². The highest BCUT2D eigenvalue weighted by Crippen LogP contribution is 2.30. The van der Waals surface area contributed by atoms with Crippen LogP contribution >= 0.6 is 0 Å². The second-order valence-electron chi connectivity index (χ2n) is 8.46. The fourth-order valence-electron chi connectivity index (χ4n) is 4.10. The van der Waals surface area contributed by atoms with Crippen LogP contribution in [-0.2, 0) is 13.7 Å². The quantitative estimate of drug-likeness (QED) is 0.329. The van der Waals surface area contributed by atoms with Gasteiger partial charge in [-0.1, -0.05) is 12.1 Å². The molecule has 0 fully saturated rings. The van der Waals surface area contributed by atoms with Crippen molar-refractivity contribution in [2.24, 2.45) is 7.05 Å². The molecule has 37 heavy (non-hydrogen) atoms. The molecule has 1 amide bonds. The third kappa shape index (κ3) is 5.25. The molecule has 0 saturated carbocycles. The van der Waals surface area contributed by atoms with Crippen LogP contribution in [0.25, 0.3) is 5.65 Å². The molecule has 3 heterocycles. The lowest BCUT2D eigenvalue weighted by molar-refractivity contribution is 0.0940. The first-order valence-electron chi connectivity index (χ1n) is 11.7. The molecule has 0 bridgehead atoms. The molecular weight excluding hydrogens is 470 g/mol. The van der Waals surface area contributed by atoms with Gasteiger partial charge in [-0.05, 0) is 48.0 Å². The topological polar surface area (TPSA) is 91.9 Å². The average molecular weight is 498 g/mol. The van der Waals surface area contributed by atoms with Crippen LogP contribution in [0.3, 0.4) is 0 Å². The van der Waals surface area contributed by atoms with Crippen molar-refractivity contribution in [3.05, 3.63) is 108 Å². The molecule has 0 spiro atoms. The number of methoxy groups -OCH3 is 2. The number of carbonyl (C=O) groups excluding carboxylic acids is 1. The molecule has 9 nitrogen and oxygen atoms in total. The summed E-state index contributed by atoms with van der Waals surface area (Å²) in [6, 6.07) is 17.8. The molecule has 1 unspecified atom stereocenters. The molecule has 5 rings (SSSR count). The molecule has 0 radical (unpaired) electrons. The molecular formula is C28H27N5O4. The zero-order valence-electron chi connectivity index (χ0n) is 20.8. The van der Waals surface area contributed by atoms with Crippen LogP contribution < -0.4 is 19.5 Å². The van der Waals surface area contributed by atoms with E-state index in [1.807, 2.05) is 71.0 Å². The van der Waals surface area contributed by atoms with Crippen molar-refractivity contribution in [3.8, 4) is 17.2 Å². The summed E-state index contributed by atoms with van der Waals surface area (Å²) in [4.78, 5) is 22.4. The van der Waals surface area contributed by atoms with E-state index in [2.05, 4.69) is 15.3 Å². The van der Waals surface area contributed by atoms with Crippen molar-refractivity contribution in [2.75, 3.05) is 14.2 Å². The number of pyridine rings is 1. The number of carbonyl (C=O) groups is 1. The summed E-state index contributed by atoms with van der Waals surface area (Å²) < 4.78 is 20.6. The number of aromatic nitrogens is 4. The van der Waals surface area contributed by atoms with Gasteiger partial charge in [0.05, 0.1) is 19.9 Å². The normalized spacial score (nSPS) is 11.8. The summed E-state index contributed by atoms with van der Waals surface area (Å²) in [5.74, 6) is 2.20. The monoisotopic (exact) mass is 497 g/mol. The lowest BCUT2D eigenvalue weighted by Gasteiger charge is -2.21. The standard InChI is InChI=1S/C28H27N5O4/c1-32-12-10-29-27(32)26(20-14-23(35-2)16-24(15-20)36-3)31-28(34)19-7-6-8-22(13-19)37-18-21-17-33-11-5-4-9-25(33)30-21/h4-17,26H,18H2,1-3H3,(H,31,34). The fourth-order valence-corrected chi connectivity index (χ4v) is 4.10. The minimum atomic E-state index is -0.543. The molecule has 0 saturated heterocycles. The molecule has 2 aromatic carbocycles. The van der Waals surface area contributed by atoms with Gasteiger partial charge >= 0.3 is 0 Å². The fraction of sp³-hybridized carbons (Fsp3) is 0.179. The van der Waals surface area contributed by atoms with E-state index in [-0.39, 0.29) is 12.5 Å². The van der Waals surface area contributed by atoms with Gasteiger partial charge in [-0.2, -0.15) is 0 Å². The van der Waals surface area contributed by atoms with E-state index in [4.69, 9.17) is 14.2 Å². The van der Waals surface area contributed by atoms with Gasteiger partial charge in [-0.25, -0.2) is 9.97 Å². The Labute approximate surface area is 214 Å². The Balaban J connectivity index is 1.37. The highest BCUT2D eigenvalue weighted by atomic mass is 16.5. The van der Waals surface area contributed by atoms with Gasteiger partial charge in [0.25, 0.3) is 5.91 Å². The van der Waals surface area contributed by atoms with Gasteiger partial charge in [-0.15, -0.1) is 0 Å². The van der Waals surface area contributed by atoms with Crippen LogP contribution in [-0.4, -0.2) is 39.1 Å². The Kier molecular flexibility index (Phi) is 6.76. The molecule has 0 aliphatic rings. The van der Waals surface area contributed by atoms with Crippen LogP contribution in [0.4, 0.5) is 0 Å². The lowest BCUT2D eigenvalue weighted by atomic mass is 10.0. The second-order valence-corrected chi connectivity index (χ2v) is 8.46. The predicted octanol–water partition coefficient (Wildman–Crippen LogP) is 4.18. The van der Waals surface area contributed by atoms with Crippen molar-refractivity contribution < 1.29 is 19.0 Å². The Hall–Kier alpha value is -4.79. The van der Waals surface area contributed by atoms with E-state index in [9.17, 15) is 4.79 Å². The number of imidazole rings is 2. The number of fused-ring (bicyclic) bond motifs is 1. The second kappa shape index (κ2) is 10.4. The van der Waals surface area contributed by atoms with Crippen LogP contribution in [0.1, 0.15) is 33.5 Å². The summed E-state index contributed by atoms with van der Waals surface area (Å²) in [7, 11) is 5.06. The number of nitrogens with one attached hydrogen (secondary N) is 1. The lowest BCUT2D eigenvalue weighted by Crippen LogP contribution is -2.31. The number of hydrogen-bond donors (Lipinski definition) is 1. The van der Waals surface area contributed by atoms with Gasteiger partial charge in [0.15, 0.2) is 0 Å². The highest BCUT2D eigenvalue weighted by molar-refractivity contribution is 5.95. The molecule has 188 valence electrons.